The molecule has 1 saturated heterocycles. The summed E-state index contributed by atoms with van der Waals surface area (Å²) in [5.74, 6) is 0.306. The van der Waals surface area contributed by atoms with Crippen molar-refractivity contribution in [2.24, 2.45) is 0 Å². The van der Waals surface area contributed by atoms with Crippen molar-refractivity contribution in [3.05, 3.63) is 45.8 Å². The topological polar surface area (TPSA) is 84.7 Å². The molecule has 30 heavy (non-hydrogen) atoms. The number of sulfonamides is 1. The summed E-state index contributed by atoms with van der Waals surface area (Å²) in [7, 11) is -3.23. The Kier molecular flexibility index (Phi) is 7.38. The van der Waals surface area contributed by atoms with Gasteiger partial charge in [0.1, 0.15) is 5.69 Å². The summed E-state index contributed by atoms with van der Waals surface area (Å²) in [4.78, 5) is 15.2. The average Bonchev–Trinajstić information content (AvgIpc) is 2.75. The fourth-order valence-corrected chi connectivity index (χ4v) is 4.56. The van der Waals surface area contributed by atoms with Crippen LogP contribution >= 0.6 is 11.6 Å². The van der Waals surface area contributed by atoms with Crippen LogP contribution in [-0.4, -0.2) is 61.0 Å². The minimum atomic E-state index is -3.23. The van der Waals surface area contributed by atoms with Crippen LogP contribution in [0, 0.1) is 0 Å². The van der Waals surface area contributed by atoms with E-state index in [1.54, 1.807) is 37.4 Å². The third-order valence-electron chi connectivity index (χ3n) is 5.05. The van der Waals surface area contributed by atoms with Crippen molar-refractivity contribution in [1.29, 1.82) is 0 Å². The van der Waals surface area contributed by atoms with E-state index in [2.05, 4.69) is 12.0 Å². The van der Waals surface area contributed by atoms with E-state index in [1.807, 2.05) is 4.90 Å². The second kappa shape index (κ2) is 9.80. The Labute approximate surface area is 182 Å². The lowest BCUT2D eigenvalue weighted by atomic mass is 10.3. The fourth-order valence-electron chi connectivity index (χ4n) is 3.29. The van der Waals surface area contributed by atoms with Gasteiger partial charge in [-0.15, -0.1) is 0 Å². The molecule has 0 amide bonds. The number of aromatic nitrogens is 2. The molecule has 10 heteroatoms. The number of nitrogens with zero attached hydrogens (tertiary/aromatic N) is 4. The van der Waals surface area contributed by atoms with Gasteiger partial charge in [-0.3, -0.25) is 4.79 Å². The van der Waals surface area contributed by atoms with Crippen LogP contribution in [-0.2, 0) is 10.0 Å². The Balaban J connectivity index is 1.92. The summed E-state index contributed by atoms with van der Waals surface area (Å²) in [6.07, 6.45) is 3.37. The van der Waals surface area contributed by atoms with Gasteiger partial charge < -0.3 is 9.64 Å². The molecule has 3 rings (SSSR count). The van der Waals surface area contributed by atoms with Crippen molar-refractivity contribution in [2.45, 2.75) is 26.7 Å². The number of hydrogen-bond donors (Lipinski definition) is 0. The van der Waals surface area contributed by atoms with Gasteiger partial charge in [0.25, 0.3) is 0 Å². The highest BCUT2D eigenvalue weighted by molar-refractivity contribution is 7.89. The molecule has 1 aromatic heterocycles. The summed E-state index contributed by atoms with van der Waals surface area (Å²) < 4.78 is 32.9. The first kappa shape index (κ1) is 22.6. The second-order valence-electron chi connectivity index (χ2n) is 7.04. The third-order valence-corrected chi connectivity index (χ3v) is 7.17. The minimum absolute atomic E-state index is 0.0790. The van der Waals surface area contributed by atoms with E-state index in [9.17, 15) is 13.2 Å². The number of anilines is 1. The molecule has 0 spiro atoms. The summed E-state index contributed by atoms with van der Waals surface area (Å²) in [6.45, 7) is 5.76. The largest absolute Gasteiger partial charge is 0.486 e. The predicted octanol–water partition coefficient (Wildman–Crippen LogP) is 2.54. The zero-order valence-electron chi connectivity index (χ0n) is 17.3. The Morgan fingerprint density at radius 3 is 2.53 bits per heavy atom. The van der Waals surface area contributed by atoms with Crippen LogP contribution in [0.4, 0.5) is 5.69 Å². The van der Waals surface area contributed by atoms with E-state index in [1.165, 1.54) is 8.99 Å². The average molecular weight is 455 g/mol. The van der Waals surface area contributed by atoms with Crippen molar-refractivity contribution in [3.63, 3.8) is 0 Å². The number of unbranched alkanes of at least 4 members (excludes halogenated alkanes) is 1. The smallest absolute Gasteiger partial charge is 0.316 e. The lowest BCUT2D eigenvalue weighted by molar-refractivity contribution is 0.301. The van der Waals surface area contributed by atoms with Crippen LogP contribution in [0.1, 0.15) is 26.7 Å². The number of hydrogen-bond acceptors (Lipinski definition) is 6. The molecule has 0 atom stereocenters. The molecular formula is C20H27ClN4O4S. The second-order valence-corrected chi connectivity index (χ2v) is 9.74. The van der Waals surface area contributed by atoms with Crippen molar-refractivity contribution in [2.75, 3.05) is 43.4 Å². The Bertz CT molecular complexity index is 1030. The number of rotatable bonds is 8. The molecule has 8 nitrogen and oxygen atoms in total. The highest BCUT2D eigenvalue weighted by Gasteiger charge is 2.28. The van der Waals surface area contributed by atoms with Gasteiger partial charge in [0.2, 0.25) is 15.8 Å². The van der Waals surface area contributed by atoms with E-state index in [-0.39, 0.29) is 17.1 Å². The van der Waals surface area contributed by atoms with Crippen LogP contribution < -0.4 is 15.2 Å². The maximum absolute atomic E-state index is 13.2. The van der Waals surface area contributed by atoms with Crippen molar-refractivity contribution in [3.8, 4) is 11.4 Å². The van der Waals surface area contributed by atoms with Crippen LogP contribution in [0.3, 0.4) is 0 Å². The van der Waals surface area contributed by atoms with E-state index in [0.717, 1.165) is 12.8 Å². The molecule has 2 aromatic rings. The fraction of sp³-hybridized carbons (Fsp3) is 0.500. The first-order valence-electron chi connectivity index (χ1n) is 10.1. The van der Waals surface area contributed by atoms with Gasteiger partial charge >= 0.3 is 5.56 Å². The molecular weight excluding hydrogens is 428 g/mol. The molecule has 0 bridgehead atoms. The van der Waals surface area contributed by atoms with Gasteiger partial charge in [-0.05, 0) is 31.5 Å². The quantitative estimate of drug-likeness (QED) is 0.570. The van der Waals surface area contributed by atoms with Crippen LogP contribution in [0.15, 0.2) is 35.3 Å². The number of ether oxygens (including phenoxy) is 1. The predicted molar refractivity (Wildman–Crippen MR) is 118 cm³/mol. The number of halogens is 1. The van der Waals surface area contributed by atoms with E-state index < -0.39 is 10.0 Å². The number of piperazine rings is 1. The van der Waals surface area contributed by atoms with E-state index in [0.29, 0.717) is 49.2 Å². The third kappa shape index (κ3) is 4.96. The maximum atomic E-state index is 13.2. The lowest BCUT2D eigenvalue weighted by Crippen LogP contribution is -2.49. The van der Waals surface area contributed by atoms with Gasteiger partial charge in [0.15, 0.2) is 0 Å². The zero-order valence-corrected chi connectivity index (χ0v) is 18.8. The molecule has 0 aliphatic carbocycles. The molecule has 164 valence electrons. The first-order chi connectivity index (χ1) is 14.4. The monoisotopic (exact) mass is 454 g/mol. The van der Waals surface area contributed by atoms with Gasteiger partial charge in [-0.1, -0.05) is 31.0 Å². The van der Waals surface area contributed by atoms with Gasteiger partial charge in [-0.25, -0.2) is 8.42 Å². The van der Waals surface area contributed by atoms with Crippen molar-refractivity contribution >= 4 is 27.3 Å². The van der Waals surface area contributed by atoms with E-state index >= 15 is 0 Å². The summed E-state index contributed by atoms with van der Waals surface area (Å²) in [6, 6.07) is 6.90. The Morgan fingerprint density at radius 2 is 1.90 bits per heavy atom. The molecule has 1 aliphatic heterocycles. The molecule has 1 aliphatic rings. The standard InChI is InChI=1S/C20H27ClN4O4S/c1-3-5-13-29-19-18(23-9-11-24(12-10-23)30(27,28)4-2)15-22-25(20(19)26)17-8-6-7-16(21)14-17/h6-8,14-15H,3-5,9-13H2,1-2H3. The van der Waals surface area contributed by atoms with E-state index in [4.69, 9.17) is 16.3 Å². The van der Waals surface area contributed by atoms with Crippen molar-refractivity contribution < 1.29 is 13.2 Å². The molecule has 0 saturated carbocycles. The van der Waals surface area contributed by atoms with Gasteiger partial charge in [0, 0.05) is 31.2 Å². The molecule has 1 aromatic carbocycles. The maximum Gasteiger partial charge on any atom is 0.316 e. The van der Waals surface area contributed by atoms with Gasteiger partial charge in [-0.2, -0.15) is 14.1 Å². The highest BCUT2D eigenvalue weighted by atomic mass is 35.5. The molecule has 1 fully saturated rings. The van der Waals surface area contributed by atoms with Crippen molar-refractivity contribution in [1.82, 2.24) is 14.1 Å². The summed E-state index contributed by atoms with van der Waals surface area (Å²) >= 11 is 6.07. The van der Waals surface area contributed by atoms with Gasteiger partial charge in [0.05, 0.1) is 24.2 Å². The van der Waals surface area contributed by atoms with Crippen LogP contribution in [0.25, 0.3) is 5.69 Å². The molecule has 0 radical (unpaired) electrons. The van der Waals surface area contributed by atoms with Crippen LogP contribution in [0.2, 0.25) is 5.02 Å². The number of benzene rings is 1. The minimum Gasteiger partial charge on any atom is -0.486 e. The van der Waals surface area contributed by atoms with Crippen LogP contribution in [0.5, 0.6) is 5.75 Å². The zero-order chi connectivity index (χ0) is 21.7. The normalized spacial score (nSPS) is 15.4. The highest BCUT2D eigenvalue weighted by Crippen LogP contribution is 2.26. The Hall–Kier alpha value is -2.10. The molecule has 2 heterocycles. The SMILES string of the molecule is CCCCOc1c(N2CCN(S(=O)(=O)CC)CC2)cnn(-c2cccc(Cl)c2)c1=O. The Morgan fingerprint density at radius 1 is 1.17 bits per heavy atom. The lowest BCUT2D eigenvalue weighted by Gasteiger charge is -2.35. The molecule has 0 unspecified atom stereocenters. The first-order valence-corrected chi connectivity index (χ1v) is 12.1. The molecule has 0 N–H and O–H groups in total. The summed E-state index contributed by atoms with van der Waals surface area (Å²) in [5.41, 5.74) is 0.774. The summed E-state index contributed by atoms with van der Waals surface area (Å²) in [5, 5.41) is 4.84.